The fraction of sp³-hybridized carbons (Fsp3) is 0.143. The van der Waals surface area contributed by atoms with Crippen LogP contribution >= 0.6 is 27.5 Å². The van der Waals surface area contributed by atoms with E-state index in [0.717, 1.165) is 6.08 Å². The van der Waals surface area contributed by atoms with E-state index in [9.17, 15) is 17.6 Å². The van der Waals surface area contributed by atoms with Gasteiger partial charge in [0.25, 0.3) is 0 Å². The second kappa shape index (κ2) is 10.6. The molecular weight excluding hydrogens is 502 g/mol. The van der Waals surface area contributed by atoms with Gasteiger partial charge in [-0.3, -0.25) is 0 Å². The average Bonchev–Trinajstić information content (AvgIpc) is 3.06. The van der Waals surface area contributed by atoms with Crippen LogP contribution in [0.4, 0.5) is 23.2 Å². The van der Waals surface area contributed by atoms with Crippen molar-refractivity contribution in [3.05, 3.63) is 82.6 Å². The van der Waals surface area contributed by atoms with Crippen LogP contribution in [0.5, 0.6) is 0 Å². The van der Waals surface area contributed by atoms with Crippen LogP contribution in [0.2, 0.25) is 0 Å². The van der Waals surface area contributed by atoms with Gasteiger partial charge in [-0.25, -0.2) is 9.40 Å². The Morgan fingerprint density at radius 2 is 1.97 bits per heavy atom. The molecule has 0 aliphatic heterocycles. The van der Waals surface area contributed by atoms with E-state index < -0.39 is 23.1 Å². The molecule has 0 saturated heterocycles. The zero-order valence-corrected chi connectivity index (χ0v) is 18.5. The van der Waals surface area contributed by atoms with Gasteiger partial charge in [0.1, 0.15) is 17.2 Å². The summed E-state index contributed by atoms with van der Waals surface area (Å²) in [6, 6.07) is 7.64. The van der Waals surface area contributed by atoms with Gasteiger partial charge in [0.2, 0.25) is 0 Å². The lowest BCUT2D eigenvalue weighted by Gasteiger charge is -2.23. The maximum absolute atomic E-state index is 14.6. The molecule has 0 fully saturated rings. The molecule has 1 unspecified atom stereocenters. The zero-order valence-electron chi connectivity index (χ0n) is 16.2. The standard InChI is InChI=1S/C21H17BrClF4N3O/c1-4-5-11-15(24)18(13(2)23)20-19(22)16(31-29-20)12-17(21(25,26)27)30(28-3)14-9-7-6-8-10-14/h4-13H,1,3H2,2H3/b11-5-,17-12+,18-15-. The Kier molecular flexibility index (Phi) is 8.41. The van der Waals surface area contributed by atoms with Crippen LogP contribution in [0.15, 0.2) is 80.8 Å². The number of hydrazone groups is 1. The molecule has 2 aromatic rings. The summed E-state index contributed by atoms with van der Waals surface area (Å²) in [5.41, 5.74) is -1.19. The molecule has 1 aromatic heterocycles. The molecule has 0 spiro atoms. The molecule has 0 amide bonds. The van der Waals surface area contributed by atoms with Gasteiger partial charge in [-0.05, 0) is 41.1 Å². The largest absolute Gasteiger partial charge is 0.433 e. The van der Waals surface area contributed by atoms with Crippen molar-refractivity contribution in [2.75, 3.05) is 5.01 Å². The summed E-state index contributed by atoms with van der Waals surface area (Å²) in [5, 5.41) is 6.97. The number of halogens is 6. The molecule has 0 aliphatic rings. The van der Waals surface area contributed by atoms with Gasteiger partial charge in [-0.2, -0.15) is 18.3 Å². The van der Waals surface area contributed by atoms with Gasteiger partial charge in [0.15, 0.2) is 5.76 Å². The third kappa shape index (κ3) is 5.95. The lowest BCUT2D eigenvalue weighted by Crippen LogP contribution is -2.27. The average molecular weight is 519 g/mol. The normalized spacial score (nSPS) is 14.4. The fourth-order valence-corrected chi connectivity index (χ4v) is 3.22. The number of hydrogen-bond donors (Lipinski definition) is 0. The van der Waals surface area contributed by atoms with E-state index in [2.05, 4.69) is 39.5 Å². The van der Waals surface area contributed by atoms with Gasteiger partial charge in [-0.15, -0.1) is 11.6 Å². The zero-order chi connectivity index (χ0) is 23.2. The van der Waals surface area contributed by atoms with Crippen LogP contribution < -0.4 is 5.01 Å². The number of anilines is 1. The summed E-state index contributed by atoms with van der Waals surface area (Å²) >= 11 is 9.22. The van der Waals surface area contributed by atoms with Crippen LogP contribution in [0.3, 0.4) is 0 Å². The molecule has 10 heteroatoms. The summed E-state index contributed by atoms with van der Waals surface area (Å²) in [6.45, 7) is 8.18. The van der Waals surface area contributed by atoms with E-state index in [4.69, 9.17) is 16.1 Å². The lowest BCUT2D eigenvalue weighted by molar-refractivity contribution is -0.0924. The molecule has 1 heterocycles. The van der Waals surface area contributed by atoms with E-state index in [1.54, 1.807) is 18.2 Å². The lowest BCUT2D eigenvalue weighted by atomic mass is 10.1. The topological polar surface area (TPSA) is 41.6 Å². The highest BCUT2D eigenvalue weighted by Gasteiger charge is 2.39. The van der Waals surface area contributed by atoms with Crippen molar-refractivity contribution in [1.29, 1.82) is 0 Å². The second-order valence-corrected chi connectivity index (χ2v) is 7.45. The van der Waals surface area contributed by atoms with E-state index in [-0.39, 0.29) is 27.2 Å². The molecule has 1 aromatic carbocycles. The van der Waals surface area contributed by atoms with Gasteiger partial charge in [-0.1, -0.05) is 42.1 Å². The highest BCUT2D eigenvalue weighted by Crippen LogP contribution is 2.38. The Morgan fingerprint density at radius 1 is 1.32 bits per heavy atom. The summed E-state index contributed by atoms with van der Waals surface area (Å²) in [7, 11) is 0. The van der Waals surface area contributed by atoms with Gasteiger partial charge in [0, 0.05) is 18.4 Å². The number of nitrogens with zero attached hydrogens (tertiary/aromatic N) is 3. The minimum atomic E-state index is -4.82. The van der Waals surface area contributed by atoms with Gasteiger partial charge < -0.3 is 4.52 Å². The van der Waals surface area contributed by atoms with Crippen LogP contribution in [-0.4, -0.2) is 23.4 Å². The van der Waals surface area contributed by atoms with Gasteiger partial charge in [0.05, 0.1) is 15.5 Å². The minimum Gasteiger partial charge on any atom is -0.355 e. The summed E-state index contributed by atoms with van der Waals surface area (Å²) in [4.78, 5) is 0. The highest BCUT2D eigenvalue weighted by atomic mass is 79.9. The van der Waals surface area contributed by atoms with Crippen molar-refractivity contribution in [3.8, 4) is 0 Å². The van der Waals surface area contributed by atoms with Crippen molar-refractivity contribution >= 4 is 51.6 Å². The van der Waals surface area contributed by atoms with Crippen molar-refractivity contribution in [2.45, 2.75) is 18.5 Å². The summed E-state index contributed by atoms with van der Waals surface area (Å²) in [6.07, 6.45) is -0.315. The quantitative estimate of drug-likeness (QED) is 0.119. The molecule has 0 radical (unpaired) electrons. The van der Waals surface area contributed by atoms with Crippen LogP contribution in [0.25, 0.3) is 11.6 Å². The van der Waals surface area contributed by atoms with Gasteiger partial charge >= 0.3 is 6.18 Å². The number of benzene rings is 1. The number of alkyl halides is 4. The summed E-state index contributed by atoms with van der Waals surface area (Å²) in [5.74, 6) is -1.04. The molecule has 0 aliphatic carbocycles. The number of para-hydroxylation sites is 1. The fourth-order valence-electron chi connectivity index (χ4n) is 2.54. The van der Waals surface area contributed by atoms with E-state index >= 15 is 0 Å². The van der Waals surface area contributed by atoms with Crippen LogP contribution in [0, 0.1) is 0 Å². The second-order valence-electron chi connectivity index (χ2n) is 6.00. The monoisotopic (exact) mass is 517 g/mol. The SMILES string of the molecule is C=C/C=C\C(F)=C(\c1noc(/C=C(/N(N=C)c2ccccc2)C(F)(F)F)c1Br)C(C)Cl. The Morgan fingerprint density at radius 3 is 2.48 bits per heavy atom. The molecule has 2 rings (SSSR count). The van der Waals surface area contributed by atoms with Crippen LogP contribution in [0.1, 0.15) is 18.4 Å². The molecule has 0 N–H and O–H groups in total. The Hall–Kier alpha value is -2.65. The van der Waals surface area contributed by atoms with Crippen molar-refractivity contribution in [1.82, 2.24) is 5.16 Å². The first kappa shape index (κ1) is 24.6. The third-order valence-corrected chi connectivity index (χ3v) is 4.86. The predicted molar refractivity (Wildman–Crippen MR) is 119 cm³/mol. The first-order chi connectivity index (χ1) is 14.6. The maximum atomic E-state index is 14.6. The van der Waals surface area contributed by atoms with E-state index in [1.807, 2.05) is 0 Å². The number of aromatic nitrogens is 1. The van der Waals surface area contributed by atoms with Crippen molar-refractivity contribution in [2.24, 2.45) is 5.10 Å². The Labute approximate surface area is 190 Å². The first-order valence-electron chi connectivity index (χ1n) is 8.70. The number of allylic oxidation sites excluding steroid dienone is 6. The minimum absolute atomic E-state index is 0.00373. The smallest absolute Gasteiger partial charge is 0.355 e. The third-order valence-electron chi connectivity index (χ3n) is 3.88. The molecule has 164 valence electrons. The van der Waals surface area contributed by atoms with E-state index in [0.29, 0.717) is 11.1 Å². The number of hydrogen-bond acceptors (Lipinski definition) is 4. The molecule has 0 bridgehead atoms. The summed E-state index contributed by atoms with van der Waals surface area (Å²) < 4.78 is 61.1. The van der Waals surface area contributed by atoms with Crippen molar-refractivity contribution in [3.63, 3.8) is 0 Å². The first-order valence-corrected chi connectivity index (χ1v) is 9.93. The number of rotatable bonds is 8. The van der Waals surface area contributed by atoms with Crippen molar-refractivity contribution < 1.29 is 22.1 Å². The Balaban J connectivity index is 2.64. The molecule has 4 nitrogen and oxygen atoms in total. The highest BCUT2D eigenvalue weighted by molar-refractivity contribution is 9.10. The predicted octanol–water partition coefficient (Wildman–Crippen LogP) is 7.51. The Bertz CT molecular complexity index is 1030. The van der Waals surface area contributed by atoms with Crippen LogP contribution in [-0.2, 0) is 0 Å². The molecule has 31 heavy (non-hydrogen) atoms. The molecule has 0 saturated carbocycles. The molecule has 1 atom stereocenters. The van der Waals surface area contributed by atoms with E-state index in [1.165, 1.54) is 31.2 Å². The molecular formula is C21H17BrClF4N3O. The maximum Gasteiger partial charge on any atom is 0.433 e.